The van der Waals surface area contributed by atoms with Crippen molar-refractivity contribution >= 4 is 17.9 Å². The van der Waals surface area contributed by atoms with Crippen LogP contribution < -0.4 is 0 Å². The van der Waals surface area contributed by atoms with Crippen LogP contribution in [0.1, 0.15) is 367 Å². The summed E-state index contributed by atoms with van der Waals surface area (Å²) < 4.78 is 17.0. The summed E-state index contributed by atoms with van der Waals surface area (Å²) >= 11 is 0. The summed E-state index contributed by atoms with van der Waals surface area (Å²) in [7, 11) is 0. The van der Waals surface area contributed by atoms with Crippen molar-refractivity contribution in [2.75, 3.05) is 13.2 Å². The molecule has 0 aromatic carbocycles. The van der Waals surface area contributed by atoms with E-state index in [0.717, 1.165) is 70.6 Å². The van der Waals surface area contributed by atoms with Gasteiger partial charge in [-0.25, -0.2) is 0 Å². The molecule has 0 spiro atoms. The summed E-state index contributed by atoms with van der Waals surface area (Å²) in [6.07, 6.45) is 82.7. The third kappa shape index (κ3) is 64.1. The van der Waals surface area contributed by atoms with Crippen molar-refractivity contribution < 1.29 is 28.6 Å². The van der Waals surface area contributed by atoms with Crippen LogP contribution >= 0.6 is 0 Å². The molecule has 0 aromatic rings. The average molecular weight is 1080 g/mol. The molecule has 450 valence electrons. The Morgan fingerprint density at radius 3 is 0.740 bits per heavy atom. The molecule has 6 heteroatoms. The average Bonchev–Trinajstić information content (AvgIpc) is 3.43. The second kappa shape index (κ2) is 65.9. The van der Waals surface area contributed by atoms with E-state index in [9.17, 15) is 14.4 Å². The highest BCUT2D eigenvalue weighted by atomic mass is 16.6. The Morgan fingerprint density at radius 2 is 0.468 bits per heavy atom. The van der Waals surface area contributed by atoms with E-state index in [1.165, 1.54) is 257 Å². The van der Waals surface area contributed by atoms with Gasteiger partial charge in [-0.15, -0.1) is 0 Å². The molecule has 0 aliphatic heterocycles. The first-order chi connectivity index (χ1) is 38.0. The van der Waals surface area contributed by atoms with Crippen molar-refractivity contribution in [3.63, 3.8) is 0 Å². The zero-order chi connectivity index (χ0) is 55.7. The molecule has 1 atom stereocenters. The Bertz CT molecular complexity index is 1330. The number of rotatable bonds is 63. The Balaban J connectivity index is 4.28. The number of hydrogen-bond donors (Lipinski definition) is 0. The fraction of sp³-hybridized carbons (Fsp3) is 0.845. The molecule has 0 saturated carbocycles. The van der Waals surface area contributed by atoms with Gasteiger partial charge in [0, 0.05) is 19.3 Å². The van der Waals surface area contributed by atoms with Gasteiger partial charge in [0.2, 0.25) is 0 Å². The van der Waals surface area contributed by atoms with Gasteiger partial charge < -0.3 is 14.2 Å². The summed E-state index contributed by atoms with van der Waals surface area (Å²) in [5.41, 5.74) is 0. The minimum atomic E-state index is -0.778. The monoisotopic (exact) mass is 1080 g/mol. The molecule has 0 aliphatic carbocycles. The fourth-order valence-electron chi connectivity index (χ4n) is 10.1. The van der Waals surface area contributed by atoms with Crippen LogP contribution in [0.5, 0.6) is 0 Å². The molecule has 0 bridgehead atoms. The summed E-state index contributed by atoms with van der Waals surface area (Å²) in [5, 5.41) is 0. The summed E-state index contributed by atoms with van der Waals surface area (Å²) in [4.78, 5) is 38.4. The maximum Gasteiger partial charge on any atom is 0.306 e. The minimum Gasteiger partial charge on any atom is -0.462 e. The number of carbonyl (C=O) groups excluding carboxylic acids is 3. The normalized spacial score (nSPS) is 12.3. The smallest absolute Gasteiger partial charge is 0.306 e. The molecule has 0 saturated heterocycles. The van der Waals surface area contributed by atoms with E-state index in [0.29, 0.717) is 19.3 Å². The second-order valence-corrected chi connectivity index (χ2v) is 23.1. The number of carbonyl (C=O) groups is 3. The van der Waals surface area contributed by atoms with Crippen molar-refractivity contribution in [3.8, 4) is 0 Å². The van der Waals surface area contributed by atoms with Crippen LogP contribution in [-0.4, -0.2) is 37.2 Å². The number of allylic oxidation sites excluding steroid dienone is 8. The largest absolute Gasteiger partial charge is 0.462 e. The van der Waals surface area contributed by atoms with Crippen LogP contribution in [0.4, 0.5) is 0 Å². The molecule has 0 N–H and O–H groups in total. The van der Waals surface area contributed by atoms with Gasteiger partial charge in [0.15, 0.2) is 6.10 Å². The Labute approximate surface area is 479 Å². The fourth-order valence-corrected chi connectivity index (χ4v) is 10.1. The van der Waals surface area contributed by atoms with Crippen LogP contribution in [0.15, 0.2) is 48.6 Å². The summed E-state index contributed by atoms with van der Waals surface area (Å²) in [6, 6.07) is 0. The van der Waals surface area contributed by atoms with Gasteiger partial charge in [-0.1, -0.05) is 294 Å². The maximum atomic E-state index is 12.9. The highest BCUT2D eigenvalue weighted by Gasteiger charge is 2.19. The van der Waals surface area contributed by atoms with E-state index in [-0.39, 0.29) is 31.1 Å². The van der Waals surface area contributed by atoms with Gasteiger partial charge >= 0.3 is 17.9 Å². The topological polar surface area (TPSA) is 78.9 Å². The lowest BCUT2D eigenvalue weighted by Crippen LogP contribution is -2.30. The predicted octanol–water partition coefficient (Wildman–Crippen LogP) is 23.3. The molecule has 0 amide bonds. The van der Waals surface area contributed by atoms with Crippen molar-refractivity contribution in [2.45, 2.75) is 374 Å². The van der Waals surface area contributed by atoms with Gasteiger partial charge in [-0.2, -0.15) is 0 Å². The molecule has 1 unspecified atom stereocenters. The Kier molecular flexibility index (Phi) is 63.6. The van der Waals surface area contributed by atoms with Crippen molar-refractivity contribution in [3.05, 3.63) is 48.6 Å². The lowest BCUT2D eigenvalue weighted by molar-refractivity contribution is -0.167. The number of esters is 3. The standard InChI is InChI=1S/C71H130O6/c1-4-7-10-13-16-19-22-25-27-29-31-33-35-37-39-41-43-46-49-52-55-58-61-64-70(73)76-67-68(66-75-69(72)63-60-57-54-51-48-45-24-21-18-15-12-9-6-3)77-71(74)65-62-59-56-53-50-47-44-42-40-38-36-34-32-30-28-26-23-20-17-14-11-8-5-2/h21-22,24-25,29-32,68H,4-20,23,26-28,33-67H2,1-3H3/b24-21-,25-22-,31-29-,32-30-. The number of unbranched alkanes of at least 4 members (excludes halogenated alkanes) is 44. The molecular weight excluding hydrogens is 949 g/mol. The first-order valence-corrected chi connectivity index (χ1v) is 34.1. The van der Waals surface area contributed by atoms with Crippen molar-refractivity contribution in [2.24, 2.45) is 0 Å². The minimum absolute atomic E-state index is 0.0743. The third-order valence-electron chi connectivity index (χ3n) is 15.3. The molecule has 0 heterocycles. The first-order valence-electron chi connectivity index (χ1n) is 34.1. The van der Waals surface area contributed by atoms with Crippen molar-refractivity contribution in [1.29, 1.82) is 0 Å². The maximum absolute atomic E-state index is 12.9. The molecule has 0 radical (unpaired) electrons. The SMILES string of the molecule is CCCCCC/C=C\CCCCCCCC(=O)OCC(COC(=O)CCCCCCCCCCCCC/C=C\C/C=C\CCCCCCC)OC(=O)CCCCCCCCCCCCC/C=C\CCCCCCCCCC. The van der Waals surface area contributed by atoms with Crippen LogP contribution in [0.3, 0.4) is 0 Å². The Morgan fingerprint density at radius 1 is 0.260 bits per heavy atom. The van der Waals surface area contributed by atoms with Crippen LogP contribution in [0.2, 0.25) is 0 Å². The van der Waals surface area contributed by atoms with E-state index in [1.807, 2.05) is 0 Å². The van der Waals surface area contributed by atoms with E-state index in [2.05, 4.69) is 69.4 Å². The molecule has 77 heavy (non-hydrogen) atoms. The van der Waals surface area contributed by atoms with E-state index in [4.69, 9.17) is 14.2 Å². The van der Waals surface area contributed by atoms with Crippen LogP contribution in [0.25, 0.3) is 0 Å². The van der Waals surface area contributed by atoms with Gasteiger partial charge in [-0.3, -0.25) is 14.4 Å². The third-order valence-corrected chi connectivity index (χ3v) is 15.3. The van der Waals surface area contributed by atoms with Crippen LogP contribution in [0, 0.1) is 0 Å². The van der Waals surface area contributed by atoms with E-state index >= 15 is 0 Å². The van der Waals surface area contributed by atoms with E-state index < -0.39 is 6.10 Å². The number of hydrogen-bond acceptors (Lipinski definition) is 6. The highest BCUT2D eigenvalue weighted by Crippen LogP contribution is 2.17. The van der Waals surface area contributed by atoms with Crippen molar-refractivity contribution in [1.82, 2.24) is 0 Å². The lowest BCUT2D eigenvalue weighted by atomic mass is 10.0. The zero-order valence-electron chi connectivity index (χ0n) is 51.7. The van der Waals surface area contributed by atoms with E-state index in [1.54, 1.807) is 0 Å². The van der Waals surface area contributed by atoms with Crippen LogP contribution in [-0.2, 0) is 28.6 Å². The lowest BCUT2D eigenvalue weighted by Gasteiger charge is -2.18. The molecule has 6 nitrogen and oxygen atoms in total. The second-order valence-electron chi connectivity index (χ2n) is 23.1. The summed E-state index contributed by atoms with van der Waals surface area (Å²) in [6.45, 7) is 6.66. The molecule has 0 fully saturated rings. The zero-order valence-corrected chi connectivity index (χ0v) is 51.7. The quantitative estimate of drug-likeness (QED) is 0.0261. The number of ether oxygens (including phenoxy) is 3. The molecule has 0 aliphatic rings. The summed E-state index contributed by atoms with van der Waals surface area (Å²) in [5.74, 6) is -0.864. The molecule has 0 rings (SSSR count). The van der Waals surface area contributed by atoms with Gasteiger partial charge in [0.25, 0.3) is 0 Å². The first kappa shape index (κ1) is 74.4. The predicted molar refractivity (Wildman–Crippen MR) is 335 cm³/mol. The molecular formula is C71H130O6. The molecule has 0 aromatic heterocycles. The van der Waals surface area contributed by atoms with Gasteiger partial charge in [-0.05, 0) is 103 Å². The van der Waals surface area contributed by atoms with Gasteiger partial charge in [0.1, 0.15) is 13.2 Å². The highest BCUT2D eigenvalue weighted by molar-refractivity contribution is 5.71. The van der Waals surface area contributed by atoms with Gasteiger partial charge in [0.05, 0.1) is 0 Å². The Hall–Kier alpha value is -2.63.